The molecule has 0 radical (unpaired) electrons. The monoisotopic (exact) mass is 578 g/mol. The molecule has 1 saturated heterocycles. The van der Waals surface area contributed by atoms with E-state index >= 15 is 0 Å². The largest absolute Gasteiger partial charge is 0.330 e. The fourth-order valence-corrected chi connectivity index (χ4v) is 8.26. The second-order valence-electron chi connectivity index (χ2n) is 11.0. The van der Waals surface area contributed by atoms with Crippen LogP contribution in [0.5, 0.6) is 0 Å². The summed E-state index contributed by atoms with van der Waals surface area (Å²) in [4.78, 5) is 32.4. The molecule has 1 saturated carbocycles. The first-order valence-electron chi connectivity index (χ1n) is 14.0. The van der Waals surface area contributed by atoms with E-state index in [1.165, 1.54) is 55.2 Å². The van der Waals surface area contributed by atoms with E-state index in [1.807, 2.05) is 11.0 Å². The zero-order chi connectivity index (χ0) is 27.9. The van der Waals surface area contributed by atoms with Crippen LogP contribution in [0.25, 0.3) is 0 Å². The maximum atomic E-state index is 13.9. The predicted molar refractivity (Wildman–Crippen MR) is 154 cm³/mol. The maximum absolute atomic E-state index is 13.9. The molecule has 2 heterocycles. The zero-order valence-corrected chi connectivity index (χ0v) is 23.9. The molecule has 1 aliphatic carbocycles. The highest BCUT2D eigenvalue weighted by molar-refractivity contribution is 7.91. The fraction of sp³-hybridized carbons (Fsp3) is 0.355. The summed E-state index contributed by atoms with van der Waals surface area (Å²) in [5, 5.41) is 0.520. The van der Waals surface area contributed by atoms with Crippen LogP contribution in [0.15, 0.2) is 76.5 Å². The molecule has 0 atom stereocenters. The summed E-state index contributed by atoms with van der Waals surface area (Å²) in [6.07, 6.45) is 6.44. The number of benzene rings is 3. The van der Waals surface area contributed by atoms with Crippen LogP contribution in [-0.2, 0) is 16.4 Å². The van der Waals surface area contributed by atoms with Crippen LogP contribution < -0.4 is 9.80 Å². The lowest BCUT2D eigenvalue weighted by Gasteiger charge is -2.38. The Bertz CT molecular complexity index is 1560. The van der Waals surface area contributed by atoms with E-state index in [4.69, 9.17) is 11.6 Å². The molecule has 2 fully saturated rings. The van der Waals surface area contributed by atoms with Crippen LogP contribution in [0.2, 0.25) is 5.02 Å². The first-order chi connectivity index (χ1) is 19.3. The molecule has 0 spiro atoms. The number of nitrogens with zero attached hydrogens (tertiary/aromatic N) is 2. The van der Waals surface area contributed by atoms with E-state index in [9.17, 15) is 18.0 Å². The van der Waals surface area contributed by atoms with Gasteiger partial charge in [-0.15, -0.1) is 0 Å². The lowest BCUT2D eigenvalue weighted by atomic mass is 9.94. The summed E-state index contributed by atoms with van der Waals surface area (Å²) in [6, 6.07) is 18.7. The number of anilines is 1. The lowest BCUT2D eigenvalue weighted by Crippen LogP contribution is -3.18. The Morgan fingerprint density at radius 2 is 1.65 bits per heavy atom. The molecule has 7 nitrogen and oxygen atoms in total. The van der Waals surface area contributed by atoms with Gasteiger partial charge in [0.25, 0.3) is 11.8 Å². The third kappa shape index (κ3) is 5.04. The highest BCUT2D eigenvalue weighted by Gasteiger charge is 2.37. The molecule has 3 aromatic rings. The van der Waals surface area contributed by atoms with E-state index in [2.05, 4.69) is 0 Å². The molecule has 0 bridgehead atoms. The van der Waals surface area contributed by atoms with Gasteiger partial charge in [-0.1, -0.05) is 42.3 Å². The van der Waals surface area contributed by atoms with Crippen LogP contribution >= 0.6 is 11.6 Å². The van der Waals surface area contributed by atoms with E-state index < -0.39 is 15.7 Å². The number of carbonyl (C=O) groups excluding carboxylic acids is 2. The van der Waals surface area contributed by atoms with Crippen LogP contribution in [0.3, 0.4) is 0 Å². The number of hydrogen-bond acceptors (Lipinski definition) is 4. The van der Waals surface area contributed by atoms with Gasteiger partial charge in [-0.3, -0.25) is 9.59 Å². The van der Waals surface area contributed by atoms with Gasteiger partial charge in [0.05, 0.1) is 59.8 Å². The third-order valence-electron chi connectivity index (χ3n) is 8.54. The SMILES string of the molecule is O=C(c1ccc2c(c1)N(Cc1cccc(Cl)c1)C(=O)c1ccccc1S2(=O)=O)N1CC[NH+](C2CCCCC2)CC1. The fourth-order valence-electron chi connectivity index (χ4n) is 6.41. The molecule has 6 rings (SSSR count). The number of amides is 2. The number of halogens is 1. The highest BCUT2D eigenvalue weighted by Crippen LogP contribution is 2.38. The first kappa shape index (κ1) is 27.0. The van der Waals surface area contributed by atoms with Gasteiger partial charge in [-0.05, 0) is 73.7 Å². The van der Waals surface area contributed by atoms with Crippen molar-refractivity contribution in [3.05, 3.63) is 88.4 Å². The summed E-state index contributed by atoms with van der Waals surface area (Å²) in [5.74, 6) is -0.577. The van der Waals surface area contributed by atoms with Crippen molar-refractivity contribution >= 4 is 38.9 Å². The Labute approximate surface area is 240 Å². The molecule has 0 aromatic heterocycles. The highest BCUT2D eigenvalue weighted by atomic mass is 35.5. The molecular formula is C31H33ClN3O4S+. The number of fused-ring (bicyclic) bond motifs is 2. The van der Waals surface area contributed by atoms with E-state index in [1.54, 1.807) is 47.4 Å². The van der Waals surface area contributed by atoms with Gasteiger partial charge < -0.3 is 14.7 Å². The first-order valence-corrected chi connectivity index (χ1v) is 15.9. The van der Waals surface area contributed by atoms with Crippen LogP contribution in [0.4, 0.5) is 5.69 Å². The van der Waals surface area contributed by atoms with E-state index in [0.29, 0.717) is 29.7 Å². The topological polar surface area (TPSA) is 79.2 Å². The van der Waals surface area contributed by atoms with Gasteiger partial charge in [-0.25, -0.2) is 8.42 Å². The number of nitrogens with one attached hydrogen (secondary N) is 1. The molecule has 40 heavy (non-hydrogen) atoms. The Hall–Kier alpha value is -3.20. The van der Waals surface area contributed by atoms with E-state index in [0.717, 1.165) is 18.7 Å². The maximum Gasteiger partial charge on any atom is 0.259 e. The average molecular weight is 579 g/mol. The number of piperazine rings is 1. The smallest absolute Gasteiger partial charge is 0.259 e. The van der Waals surface area contributed by atoms with Gasteiger partial charge in [0, 0.05) is 10.6 Å². The molecular weight excluding hydrogens is 546 g/mol. The van der Waals surface area contributed by atoms with Crippen molar-refractivity contribution in [1.29, 1.82) is 0 Å². The zero-order valence-electron chi connectivity index (χ0n) is 22.3. The molecule has 208 valence electrons. The minimum atomic E-state index is -4.01. The number of rotatable bonds is 4. The molecule has 2 aliphatic heterocycles. The van der Waals surface area contributed by atoms with Crippen molar-refractivity contribution in [3.8, 4) is 0 Å². The molecule has 2 amide bonds. The lowest BCUT2D eigenvalue weighted by molar-refractivity contribution is -0.930. The summed E-state index contributed by atoms with van der Waals surface area (Å²) in [5.41, 5.74) is 1.45. The average Bonchev–Trinajstić information content (AvgIpc) is 3.05. The minimum Gasteiger partial charge on any atom is -0.330 e. The predicted octanol–water partition coefficient (Wildman–Crippen LogP) is 4.01. The number of quaternary nitrogens is 1. The number of sulfone groups is 1. The third-order valence-corrected chi connectivity index (χ3v) is 10.6. The quantitative estimate of drug-likeness (QED) is 0.507. The molecule has 3 aromatic carbocycles. The van der Waals surface area contributed by atoms with Crippen LogP contribution in [-0.4, -0.2) is 57.4 Å². The molecule has 9 heteroatoms. The summed E-state index contributed by atoms with van der Waals surface area (Å²) < 4.78 is 27.6. The molecule has 3 aliphatic rings. The minimum absolute atomic E-state index is 0.0101. The van der Waals surface area contributed by atoms with Gasteiger partial charge in [0.1, 0.15) is 0 Å². The summed E-state index contributed by atoms with van der Waals surface area (Å²) in [6.45, 7) is 3.28. The molecule has 0 unspecified atom stereocenters. The second-order valence-corrected chi connectivity index (χ2v) is 13.3. The van der Waals surface area contributed by atoms with Crippen molar-refractivity contribution in [1.82, 2.24) is 4.90 Å². The van der Waals surface area contributed by atoms with Crippen molar-refractivity contribution in [3.63, 3.8) is 0 Å². The Morgan fingerprint density at radius 3 is 2.40 bits per heavy atom. The van der Waals surface area contributed by atoms with Gasteiger partial charge in [-0.2, -0.15) is 0 Å². The Balaban J connectivity index is 1.34. The Kier molecular flexibility index (Phi) is 7.42. The van der Waals surface area contributed by atoms with E-state index in [-0.39, 0.29) is 33.5 Å². The second kappa shape index (κ2) is 11.0. The standard InChI is InChI=1S/C31H32ClN3O4S/c32-24-8-6-7-22(19-24)21-35-27-20-23(30(36)34-17-15-33(16-18-34)25-9-2-1-3-10-25)13-14-29(27)40(38,39)28-12-5-4-11-26(28)31(35)37/h4-8,11-14,19-20,25H,1-3,9-10,15-18,21H2/p+1. The molecule has 1 N–H and O–H groups in total. The summed E-state index contributed by atoms with van der Waals surface area (Å²) in [7, 11) is -4.01. The van der Waals surface area contributed by atoms with Crippen LogP contribution in [0, 0.1) is 0 Å². The van der Waals surface area contributed by atoms with Crippen molar-refractivity contribution in [2.75, 3.05) is 31.1 Å². The number of hydrogen-bond donors (Lipinski definition) is 1. The van der Waals surface area contributed by atoms with Crippen molar-refractivity contribution < 1.29 is 22.9 Å². The van der Waals surface area contributed by atoms with Crippen molar-refractivity contribution in [2.24, 2.45) is 0 Å². The number of carbonyl (C=O) groups is 2. The normalized spacial score (nSPS) is 19.6. The van der Waals surface area contributed by atoms with Gasteiger partial charge >= 0.3 is 0 Å². The summed E-state index contributed by atoms with van der Waals surface area (Å²) >= 11 is 6.22. The van der Waals surface area contributed by atoms with Crippen LogP contribution in [0.1, 0.15) is 58.4 Å². The van der Waals surface area contributed by atoms with Gasteiger partial charge in [0.15, 0.2) is 0 Å². The van der Waals surface area contributed by atoms with Crippen molar-refractivity contribution in [2.45, 2.75) is 54.5 Å². The Morgan fingerprint density at radius 1 is 0.900 bits per heavy atom. The van der Waals surface area contributed by atoms with Gasteiger partial charge in [0.2, 0.25) is 9.84 Å².